The number of ketones is 1. The van der Waals surface area contributed by atoms with Gasteiger partial charge in [-0.15, -0.1) is 0 Å². The summed E-state index contributed by atoms with van der Waals surface area (Å²) in [6.07, 6.45) is 0. The van der Waals surface area contributed by atoms with Crippen molar-refractivity contribution in [1.82, 2.24) is 0 Å². The molecule has 0 radical (unpaired) electrons. The predicted octanol–water partition coefficient (Wildman–Crippen LogP) is 1.43. The average Bonchev–Trinajstić information content (AvgIpc) is 2.54. The third-order valence-corrected chi connectivity index (χ3v) is 3.30. The molecule has 4 heteroatoms. The molecular weight excluding hydrogens is 228 g/mol. The van der Waals surface area contributed by atoms with E-state index < -0.39 is 11.7 Å². The number of hydrogen-bond donors (Lipinski definition) is 1. The Labute approximate surface area is 107 Å². The Morgan fingerprint density at radius 2 is 1.94 bits per heavy atom. The van der Waals surface area contributed by atoms with Gasteiger partial charge in [0.1, 0.15) is 0 Å². The van der Waals surface area contributed by atoms with Crippen molar-refractivity contribution in [3.05, 3.63) is 28.8 Å². The molecule has 0 aromatic heterocycles. The fraction of sp³-hybridized carbons (Fsp3) is 0.429. The molecule has 2 rings (SSSR count). The van der Waals surface area contributed by atoms with Gasteiger partial charge >= 0.3 is 0 Å². The minimum atomic E-state index is -0.431. The molecule has 0 bridgehead atoms. The van der Waals surface area contributed by atoms with Crippen molar-refractivity contribution in [3.8, 4) is 0 Å². The highest BCUT2D eigenvalue weighted by Crippen LogP contribution is 2.33. The minimum absolute atomic E-state index is 0.174. The molecule has 0 saturated carbocycles. The van der Waals surface area contributed by atoms with Crippen molar-refractivity contribution in [1.29, 1.82) is 0 Å². The van der Waals surface area contributed by atoms with Crippen molar-refractivity contribution >= 4 is 17.4 Å². The van der Waals surface area contributed by atoms with Crippen molar-refractivity contribution in [3.63, 3.8) is 0 Å². The Kier molecular flexibility index (Phi) is 3.22. The second kappa shape index (κ2) is 4.53. The van der Waals surface area contributed by atoms with Gasteiger partial charge in [-0.3, -0.25) is 9.59 Å². The number of aryl methyl sites for hydroxylation is 2. The zero-order valence-electron chi connectivity index (χ0n) is 11.0. The summed E-state index contributed by atoms with van der Waals surface area (Å²) in [5.41, 5.74) is 8.85. The maximum atomic E-state index is 12.0. The summed E-state index contributed by atoms with van der Waals surface area (Å²) in [7, 11) is 0. The molecular formula is C14H18N2O2. The smallest absolute Gasteiger partial charge is 0.299 e. The molecule has 0 fully saturated rings. The maximum Gasteiger partial charge on any atom is 0.299 e. The molecule has 0 saturated heterocycles. The summed E-state index contributed by atoms with van der Waals surface area (Å²) < 4.78 is 0. The van der Waals surface area contributed by atoms with Crippen LogP contribution in [0.5, 0.6) is 0 Å². The minimum Gasteiger partial charge on any atom is -0.330 e. The maximum absolute atomic E-state index is 12.0. The zero-order valence-corrected chi connectivity index (χ0v) is 11.0. The van der Waals surface area contributed by atoms with E-state index in [0.29, 0.717) is 18.7 Å². The number of carbonyl (C=O) groups is 2. The van der Waals surface area contributed by atoms with Crippen LogP contribution in [0.2, 0.25) is 0 Å². The highest BCUT2D eigenvalue weighted by Gasteiger charge is 2.37. The van der Waals surface area contributed by atoms with E-state index in [9.17, 15) is 9.59 Å². The Hall–Kier alpha value is -1.68. The number of rotatable bonds is 3. The number of hydrogen-bond acceptors (Lipinski definition) is 3. The Morgan fingerprint density at radius 3 is 2.56 bits per heavy atom. The van der Waals surface area contributed by atoms with E-state index in [2.05, 4.69) is 0 Å². The molecule has 96 valence electrons. The van der Waals surface area contributed by atoms with E-state index in [4.69, 9.17) is 5.73 Å². The van der Waals surface area contributed by atoms with E-state index in [1.807, 2.05) is 26.8 Å². The number of carbonyl (C=O) groups excluding carboxylic acids is 2. The lowest BCUT2D eigenvalue weighted by atomic mass is 10.0. The highest BCUT2D eigenvalue weighted by molar-refractivity contribution is 6.52. The van der Waals surface area contributed by atoms with E-state index in [-0.39, 0.29) is 5.92 Å². The third kappa shape index (κ3) is 1.93. The van der Waals surface area contributed by atoms with Gasteiger partial charge in [0.05, 0.1) is 11.3 Å². The second-order valence-corrected chi connectivity index (χ2v) is 5.06. The predicted molar refractivity (Wildman–Crippen MR) is 70.8 cm³/mol. The van der Waals surface area contributed by atoms with Gasteiger partial charge in [0.15, 0.2) is 0 Å². The van der Waals surface area contributed by atoms with E-state index in [0.717, 1.165) is 16.8 Å². The van der Waals surface area contributed by atoms with Gasteiger partial charge in [0.2, 0.25) is 0 Å². The monoisotopic (exact) mass is 246 g/mol. The van der Waals surface area contributed by atoms with Gasteiger partial charge in [0.25, 0.3) is 11.7 Å². The highest BCUT2D eigenvalue weighted by atomic mass is 16.2. The molecule has 0 spiro atoms. The average molecular weight is 246 g/mol. The van der Waals surface area contributed by atoms with Gasteiger partial charge < -0.3 is 10.6 Å². The summed E-state index contributed by atoms with van der Waals surface area (Å²) in [6.45, 7) is 6.82. The third-order valence-electron chi connectivity index (χ3n) is 3.30. The van der Waals surface area contributed by atoms with Crippen molar-refractivity contribution in [2.24, 2.45) is 11.7 Å². The quantitative estimate of drug-likeness (QED) is 0.820. The first kappa shape index (κ1) is 12.8. The molecule has 1 heterocycles. The fourth-order valence-corrected chi connectivity index (χ4v) is 2.39. The van der Waals surface area contributed by atoms with Crippen LogP contribution in [0.15, 0.2) is 12.1 Å². The van der Waals surface area contributed by atoms with E-state index in [1.54, 1.807) is 11.0 Å². The normalized spacial score (nSPS) is 16.1. The number of Topliss-reactive ketones (excluding diaryl/α,β-unsaturated/α-hetero) is 1. The van der Waals surface area contributed by atoms with Crippen molar-refractivity contribution in [2.75, 3.05) is 18.0 Å². The first-order valence-electron chi connectivity index (χ1n) is 6.13. The largest absolute Gasteiger partial charge is 0.330 e. The van der Waals surface area contributed by atoms with Crippen LogP contribution in [0.4, 0.5) is 5.69 Å². The Bertz CT molecular complexity index is 523. The summed E-state index contributed by atoms with van der Waals surface area (Å²) in [4.78, 5) is 25.5. The number of nitrogens with two attached hydrogens (primary N) is 1. The van der Waals surface area contributed by atoms with Crippen LogP contribution in [0, 0.1) is 19.8 Å². The van der Waals surface area contributed by atoms with Crippen LogP contribution in [-0.2, 0) is 4.79 Å². The van der Waals surface area contributed by atoms with Crippen molar-refractivity contribution in [2.45, 2.75) is 20.8 Å². The summed E-state index contributed by atoms with van der Waals surface area (Å²) in [5.74, 6) is -0.659. The molecule has 1 unspecified atom stereocenters. The SMILES string of the molecule is Cc1cc(C)c2c(c1)C(=O)C(=O)N2CC(C)CN. The van der Waals surface area contributed by atoms with Gasteiger partial charge in [-0.05, 0) is 43.5 Å². The lowest BCUT2D eigenvalue weighted by Gasteiger charge is -2.21. The number of nitrogens with zero attached hydrogens (tertiary/aromatic N) is 1. The Morgan fingerprint density at radius 1 is 1.28 bits per heavy atom. The van der Waals surface area contributed by atoms with Crippen LogP contribution in [0.1, 0.15) is 28.4 Å². The first-order valence-corrected chi connectivity index (χ1v) is 6.13. The lowest BCUT2D eigenvalue weighted by molar-refractivity contribution is -0.114. The molecule has 1 aromatic rings. The van der Waals surface area contributed by atoms with Gasteiger partial charge in [-0.1, -0.05) is 13.0 Å². The molecule has 1 aromatic carbocycles. The van der Waals surface area contributed by atoms with Gasteiger partial charge in [0, 0.05) is 6.54 Å². The zero-order chi connectivity index (χ0) is 13.4. The molecule has 0 aliphatic carbocycles. The van der Waals surface area contributed by atoms with Crippen LogP contribution in [-0.4, -0.2) is 24.8 Å². The molecule has 2 N–H and O–H groups in total. The summed E-state index contributed by atoms with van der Waals surface area (Å²) in [6, 6.07) is 3.78. The van der Waals surface area contributed by atoms with Crippen molar-refractivity contribution < 1.29 is 9.59 Å². The van der Waals surface area contributed by atoms with E-state index in [1.165, 1.54) is 0 Å². The first-order chi connectivity index (χ1) is 8.45. The molecule has 1 aliphatic heterocycles. The van der Waals surface area contributed by atoms with Gasteiger partial charge in [-0.25, -0.2) is 0 Å². The van der Waals surface area contributed by atoms with Crippen LogP contribution in [0.25, 0.3) is 0 Å². The molecule has 1 amide bonds. The van der Waals surface area contributed by atoms with E-state index >= 15 is 0 Å². The standard InChI is InChI=1S/C14H18N2O2/c1-8-4-10(3)12-11(5-8)13(17)14(18)16(12)7-9(2)6-15/h4-5,9H,6-7,15H2,1-3H3. The molecule has 18 heavy (non-hydrogen) atoms. The number of fused-ring (bicyclic) bond motifs is 1. The van der Waals surface area contributed by atoms with Crippen LogP contribution < -0.4 is 10.6 Å². The topological polar surface area (TPSA) is 63.4 Å². The fourth-order valence-electron chi connectivity index (χ4n) is 2.39. The summed E-state index contributed by atoms with van der Waals surface area (Å²) in [5, 5.41) is 0. The molecule has 1 aliphatic rings. The summed E-state index contributed by atoms with van der Waals surface area (Å²) >= 11 is 0. The lowest BCUT2D eigenvalue weighted by Crippen LogP contribution is -2.36. The molecule has 1 atom stereocenters. The molecule has 4 nitrogen and oxygen atoms in total. The number of benzene rings is 1. The number of anilines is 1. The van der Waals surface area contributed by atoms with Crippen LogP contribution in [0.3, 0.4) is 0 Å². The van der Waals surface area contributed by atoms with Crippen LogP contribution >= 0.6 is 0 Å². The van der Waals surface area contributed by atoms with Gasteiger partial charge in [-0.2, -0.15) is 0 Å². The number of amides is 1. The second-order valence-electron chi connectivity index (χ2n) is 5.06. The Balaban J connectivity index is 2.48.